The molecule has 0 radical (unpaired) electrons. The van der Waals surface area contributed by atoms with Gasteiger partial charge < -0.3 is 9.47 Å². The molecule has 9 heteroatoms. The van der Waals surface area contributed by atoms with E-state index in [2.05, 4.69) is 10.3 Å². The van der Waals surface area contributed by atoms with Gasteiger partial charge in [-0.15, -0.1) is 0 Å². The number of nitrogens with zero attached hydrogens (tertiary/aromatic N) is 1. The van der Waals surface area contributed by atoms with Gasteiger partial charge in [0.2, 0.25) is 0 Å². The van der Waals surface area contributed by atoms with Gasteiger partial charge in [0.1, 0.15) is 11.5 Å². The second kappa shape index (κ2) is 7.20. The Morgan fingerprint density at radius 1 is 1.15 bits per heavy atom. The predicted molar refractivity (Wildman–Crippen MR) is 91.7 cm³/mol. The molecule has 26 heavy (non-hydrogen) atoms. The standard InChI is InChI=1S/C17H13F3N2O3S/c1-24-10-5-7-11(8-6-10)25-9-14(23)21-16-22-15-12(17(18,19)20)3-2-4-13(15)26-16/h2-8H,9H2,1H3,(H,21,22,23). The molecule has 0 atom stereocenters. The summed E-state index contributed by atoms with van der Waals surface area (Å²) in [7, 11) is 1.53. The molecule has 0 saturated carbocycles. The topological polar surface area (TPSA) is 60.5 Å². The third-order valence-corrected chi connectivity index (χ3v) is 4.34. The van der Waals surface area contributed by atoms with Gasteiger partial charge in [-0.1, -0.05) is 17.4 Å². The average Bonchev–Trinajstić information content (AvgIpc) is 3.01. The Morgan fingerprint density at radius 2 is 1.85 bits per heavy atom. The number of rotatable bonds is 5. The quantitative estimate of drug-likeness (QED) is 0.713. The van der Waals surface area contributed by atoms with Gasteiger partial charge in [-0.25, -0.2) is 4.98 Å². The summed E-state index contributed by atoms with van der Waals surface area (Å²) in [6.07, 6.45) is -4.51. The van der Waals surface area contributed by atoms with Gasteiger partial charge in [0, 0.05) is 0 Å². The molecule has 136 valence electrons. The van der Waals surface area contributed by atoms with Crippen LogP contribution in [0.1, 0.15) is 5.56 Å². The summed E-state index contributed by atoms with van der Waals surface area (Å²) in [6, 6.07) is 10.4. The van der Waals surface area contributed by atoms with Crippen molar-refractivity contribution in [2.45, 2.75) is 6.18 Å². The van der Waals surface area contributed by atoms with Gasteiger partial charge in [0.25, 0.3) is 5.91 Å². The minimum atomic E-state index is -4.51. The molecule has 0 aliphatic rings. The van der Waals surface area contributed by atoms with Gasteiger partial charge >= 0.3 is 6.18 Å². The molecule has 2 aromatic carbocycles. The Bertz CT molecular complexity index is 923. The van der Waals surface area contributed by atoms with E-state index in [4.69, 9.17) is 9.47 Å². The maximum atomic E-state index is 13.0. The molecule has 1 aromatic heterocycles. The summed E-state index contributed by atoms with van der Waals surface area (Å²) < 4.78 is 49.7. The first-order chi connectivity index (χ1) is 12.4. The van der Waals surface area contributed by atoms with Crippen LogP contribution in [0, 0.1) is 0 Å². The number of alkyl halides is 3. The van der Waals surface area contributed by atoms with Crippen molar-refractivity contribution in [3.8, 4) is 11.5 Å². The number of thiazole rings is 1. The number of methoxy groups -OCH3 is 1. The molecule has 0 aliphatic heterocycles. The molecule has 5 nitrogen and oxygen atoms in total. The molecule has 1 N–H and O–H groups in total. The summed E-state index contributed by atoms with van der Waals surface area (Å²) >= 11 is 0.967. The lowest BCUT2D eigenvalue weighted by molar-refractivity contribution is -0.136. The van der Waals surface area contributed by atoms with Gasteiger partial charge in [-0.2, -0.15) is 13.2 Å². The van der Waals surface area contributed by atoms with E-state index in [0.717, 1.165) is 17.4 Å². The fraction of sp³-hybridized carbons (Fsp3) is 0.176. The van der Waals surface area contributed by atoms with Crippen molar-refractivity contribution in [3.05, 3.63) is 48.0 Å². The number of carbonyl (C=O) groups is 1. The van der Waals surface area contributed by atoms with Crippen molar-refractivity contribution in [1.82, 2.24) is 4.98 Å². The van der Waals surface area contributed by atoms with Crippen molar-refractivity contribution in [2.75, 3.05) is 19.0 Å². The smallest absolute Gasteiger partial charge is 0.418 e. The number of aromatic nitrogens is 1. The van der Waals surface area contributed by atoms with E-state index >= 15 is 0 Å². The molecule has 0 unspecified atom stereocenters. The summed E-state index contributed by atoms with van der Waals surface area (Å²) in [5.74, 6) is 0.592. The molecule has 3 aromatic rings. The Labute approximate surface area is 150 Å². The second-order valence-corrected chi connectivity index (χ2v) is 6.21. The van der Waals surface area contributed by atoms with E-state index < -0.39 is 17.6 Å². The Balaban J connectivity index is 1.67. The van der Waals surface area contributed by atoms with Crippen LogP contribution in [0.25, 0.3) is 10.2 Å². The Morgan fingerprint density at radius 3 is 2.50 bits per heavy atom. The van der Waals surface area contributed by atoms with Gasteiger partial charge in [-0.3, -0.25) is 10.1 Å². The van der Waals surface area contributed by atoms with Crippen LogP contribution in [0.15, 0.2) is 42.5 Å². The number of anilines is 1. The van der Waals surface area contributed by atoms with Crippen molar-refractivity contribution in [1.29, 1.82) is 0 Å². The second-order valence-electron chi connectivity index (χ2n) is 5.18. The molecule has 0 spiro atoms. The summed E-state index contributed by atoms with van der Waals surface area (Å²) in [6.45, 7) is -0.297. The largest absolute Gasteiger partial charge is 0.497 e. The maximum absolute atomic E-state index is 13.0. The van der Waals surface area contributed by atoms with Crippen LogP contribution < -0.4 is 14.8 Å². The zero-order chi connectivity index (χ0) is 18.7. The number of hydrogen-bond acceptors (Lipinski definition) is 5. The summed E-state index contributed by atoms with van der Waals surface area (Å²) in [4.78, 5) is 15.8. The van der Waals surface area contributed by atoms with Crippen LogP contribution >= 0.6 is 11.3 Å². The normalized spacial score (nSPS) is 11.4. The van der Waals surface area contributed by atoms with Crippen LogP contribution in [0.4, 0.5) is 18.3 Å². The van der Waals surface area contributed by atoms with Gasteiger partial charge in [-0.05, 0) is 36.4 Å². The minimum absolute atomic E-state index is 0.0834. The van der Waals surface area contributed by atoms with Crippen molar-refractivity contribution < 1.29 is 27.4 Å². The number of halogens is 3. The minimum Gasteiger partial charge on any atom is -0.497 e. The van der Waals surface area contributed by atoms with E-state index in [-0.39, 0.29) is 17.3 Å². The number of hydrogen-bond donors (Lipinski definition) is 1. The zero-order valence-electron chi connectivity index (χ0n) is 13.5. The van der Waals surface area contributed by atoms with Crippen molar-refractivity contribution in [2.24, 2.45) is 0 Å². The zero-order valence-corrected chi connectivity index (χ0v) is 14.3. The lowest BCUT2D eigenvalue weighted by Gasteiger charge is -2.07. The molecular formula is C17H13F3N2O3S. The van der Waals surface area contributed by atoms with Crippen LogP contribution in [-0.4, -0.2) is 24.6 Å². The van der Waals surface area contributed by atoms with E-state index in [1.54, 1.807) is 24.3 Å². The molecule has 0 saturated heterocycles. The fourth-order valence-electron chi connectivity index (χ4n) is 2.21. The highest BCUT2D eigenvalue weighted by Crippen LogP contribution is 2.37. The monoisotopic (exact) mass is 382 g/mol. The van der Waals surface area contributed by atoms with Crippen LogP contribution in [0.2, 0.25) is 0 Å². The first-order valence-electron chi connectivity index (χ1n) is 7.40. The maximum Gasteiger partial charge on any atom is 0.418 e. The molecule has 1 heterocycles. The first-order valence-corrected chi connectivity index (χ1v) is 8.22. The average molecular weight is 382 g/mol. The summed E-state index contributed by atoms with van der Waals surface area (Å²) in [5.41, 5.74) is -1.02. The predicted octanol–water partition coefficient (Wildman–Crippen LogP) is 4.34. The number of carbonyl (C=O) groups excluding carboxylic acids is 1. The number of para-hydroxylation sites is 1. The number of ether oxygens (including phenoxy) is 2. The van der Waals surface area contributed by atoms with Gasteiger partial charge in [0.05, 0.1) is 22.9 Å². The highest BCUT2D eigenvalue weighted by molar-refractivity contribution is 7.22. The van der Waals surface area contributed by atoms with Crippen LogP contribution in [0.3, 0.4) is 0 Å². The Hall–Kier alpha value is -2.81. The number of fused-ring (bicyclic) bond motifs is 1. The molecular weight excluding hydrogens is 369 g/mol. The van der Waals surface area contributed by atoms with Gasteiger partial charge in [0.15, 0.2) is 11.7 Å². The third kappa shape index (κ3) is 4.05. The fourth-order valence-corrected chi connectivity index (χ4v) is 3.12. The number of amides is 1. The lowest BCUT2D eigenvalue weighted by atomic mass is 10.2. The van der Waals surface area contributed by atoms with Crippen molar-refractivity contribution in [3.63, 3.8) is 0 Å². The van der Waals surface area contributed by atoms with E-state index in [1.165, 1.54) is 19.2 Å². The first kappa shape index (κ1) is 18.0. The van der Waals surface area contributed by atoms with Crippen molar-refractivity contribution >= 4 is 32.6 Å². The summed E-state index contributed by atoms with van der Waals surface area (Å²) in [5, 5.41) is 2.54. The lowest BCUT2D eigenvalue weighted by Crippen LogP contribution is -2.20. The van der Waals surface area contributed by atoms with E-state index in [9.17, 15) is 18.0 Å². The van der Waals surface area contributed by atoms with Crippen LogP contribution in [0.5, 0.6) is 11.5 Å². The van der Waals surface area contributed by atoms with Crippen LogP contribution in [-0.2, 0) is 11.0 Å². The highest BCUT2D eigenvalue weighted by atomic mass is 32.1. The van der Waals surface area contributed by atoms with E-state index in [1.807, 2.05) is 0 Å². The molecule has 0 fully saturated rings. The molecule has 0 bridgehead atoms. The Kier molecular flexibility index (Phi) is 4.99. The highest BCUT2D eigenvalue weighted by Gasteiger charge is 2.33. The van der Waals surface area contributed by atoms with E-state index in [0.29, 0.717) is 16.2 Å². The molecule has 3 rings (SSSR count). The third-order valence-electron chi connectivity index (χ3n) is 3.40. The number of benzene rings is 2. The molecule has 1 amide bonds. The SMILES string of the molecule is COc1ccc(OCC(=O)Nc2nc3c(C(F)(F)F)cccc3s2)cc1. The molecule has 0 aliphatic carbocycles. The number of nitrogens with one attached hydrogen (secondary N) is 1.